The van der Waals surface area contributed by atoms with Crippen molar-refractivity contribution in [3.8, 4) is 5.75 Å². The highest BCUT2D eigenvalue weighted by Gasteiger charge is 2.54. The SMILES string of the molecule is C[C@]12CC[C@@H]3c4ccc(OCCCNC(=O)CN5CCC(N6CCC(C(=O)NC[C@H]7OC[C@H](Nc8cncc(C(F)(F)F)n8)[C@@H](O)[C@H]7O)CC6)CC5)cc4CC[C@H]3[C@@H]1CC[C@@H]2O. The van der Waals surface area contributed by atoms with Crippen LogP contribution in [0.2, 0.25) is 0 Å². The van der Waals surface area contributed by atoms with Gasteiger partial charge in [-0.05, 0) is 130 Å². The molecule has 1 aromatic heterocycles. The number of fused-ring (bicyclic) bond motifs is 5. The Morgan fingerprint density at radius 3 is 2.53 bits per heavy atom. The predicted octanol–water partition coefficient (Wildman–Crippen LogP) is 3.49. The van der Waals surface area contributed by atoms with Crippen molar-refractivity contribution in [2.24, 2.45) is 23.2 Å². The molecule has 2 aromatic rings. The molecule has 6 aliphatic rings. The summed E-state index contributed by atoms with van der Waals surface area (Å²) in [5.41, 5.74) is 1.80. The highest BCUT2D eigenvalue weighted by atomic mass is 19.4. The first-order valence-corrected chi connectivity index (χ1v) is 22.8. The smallest absolute Gasteiger partial charge is 0.434 e. The van der Waals surface area contributed by atoms with E-state index in [4.69, 9.17) is 9.47 Å². The number of carbonyl (C=O) groups excluding carboxylic acids is 2. The first-order chi connectivity index (χ1) is 29.8. The van der Waals surface area contributed by atoms with E-state index in [1.807, 2.05) is 0 Å². The van der Waals surface area contributed by atoms with Crippen molar-refractivity contribution in [2.75, 3.05) is 64.3 Å². The van der Waals surface area contributed by atoms with E-state index in [9.17, 15) is 38.1 Å². The number of likely N-dealkylation sites (tertiary alicyclic amines) is 2. The number of nitrogens with one attached hydrogen (secondary N) is 3. The van der Waals surface area contributed by atoms with Crippen LogP contribution in [0.3, 0.4) is 0 Å². The van der Waals surface area contributed by atoms with E-state index < -0.39 is 36.2 Å². The van der Waals surface area contributed by atoms with Gasteiger partial charge in [0.2, 0.25) is 11.8 Å². The number of aliphatic hydroxyl groups is 3. The van der Waals surface area contributed by atoms with E-state index in [1.165, 1.54) is 17.5 Å². The third kappa shape index (κ3) is 10.0. The number of piperidine rings is 2. The molecule has 3 aliphatic heterocycles. The van der Waals surface area contributed by atoms with Crippen LogP contribution in [0.1, 0.15) is 93.9 Å². The number of hydrogen-bond donors (Lipinski definition) is 6. The predicted molar refractivity (Wildman–Crippen MR) is 223 cm³/mol. The van der Waals surface area contributed by atoms with Crippen LogP contribution < -0.4 is 20.7 Å². The maximum atomic E-state index is 13.1. The molecule has 3 saturated heterocycles. The number of rotatable bonds is 13. The van der Waals surface area contributed by atoms with Crippen LogP contribution in [0.15, 0.2) is 30.6 Å². The van der Waals surface area contributed by atoms with Gasteiger partial charge in [0.1, 0.15) is 29.9 Å². The van der Waals surface area contributed by atoms with Crippen molar-refractivity contribution in [3.63, 3.8) is 0 Å². The Hall–Kier alpha value is -3.61. The molecule has 9 atom stereocenters. The molecule has 62 heavy (non-hydrogen) atoms. The quantitative estimate of drug-likeness (QED) is 0.162. The molecule has 14 nitrogen and oxygen atoms in total. The first kappa shape index (κ1) is 45.0. The summed E-state index contributed by atoms with van der Waals surface area (Å²) in [5.74, 6) is 2.28. The van der Waals surface area contributed by atoms with Crippen molar-refractivity contribution >= 4 is 17.6 Å². The van der Waals surface area contributed by atoms with Gasteiger partial charge in [-0.25, -0.2) is 4.98 Å². The minimum atomic E-state index is -4.68. The molecule has 6 N–H and O–H groups in total. The summed E-state index contributed by atoms with van der Waals surface area (Å²) in [6, 6.07) is 6.09. The summed E-state index contributed by atoms with van der Waals surface area (Å²) >= 11 is 0. The summed E-state index contributed by atoms with van der Waals surface area (Å²) in [4.78, 5) is 37.5. The molecule has 2 amide bonds. The van der Waals surface area contributed by atoms with Crippen LogP contribution in [0.25, 0.3) is 0 Å². The summed E-state index contributed by atoms with van der Waals surface area (Å²) in [6.07, 6.45) is 3.86. The monoisotopic (exact) mass is 871 g/mol. The molecule has 0 unspecified atom stereocenters. The summed E-state index contributed by atoms with van der Waals surface area (Å²) in [5, 5.41) is 40.6. The lowest BCUT2D eigenvalue weighted by molar-refractivity contribution is -0.144. The number of aromatic nitrogens is 2. The molecule has 8 rings (SSSR count). The van der Waals surface area contributed by atoms with Crippen molar-refractivity contribution in [1.82, 2.24) is 30.4 Å². The minimum Gasteiger partial charge on any atom is -0.494 e. The minimum absolute atomic E-state index is 0.0165. The molecule has 3 aliphatic carbocycles. The maximum Gasteiger partial charge on any atom is 0.434 e. The standard InChI is InChI=1S/C45H64F3N7O7/c1-44-14-9-32-31-6-4-30(21-28(31)3-5-33(32)34(44)7-8-38(44)56)61-20-2-15-50-40(57)25-54-16-12-29(13-17-54)55-18-10-27(11-19-55)43(60)51-22-36-42(59)41(58)35(26-62-36)52-39-24-49-23-37(53-39)45(46,47)48/h4,6,21,23-24,27,29,32-36,38,41-42,56,58-59H,2-3,5,7-20,22,25-26H2,1H3,(H,50,57)(H,51,60)(H,52,53)/t32-,33-,34+,35+,36-,38+,41-,42+,44+/m1/s1. The Labute approximate surface area is 361 Å². The maximum absolute atomic E-state index is 13.1. The van der Waals surface area contributed by atoms with Gasteiger partial charge >= 0.3 is 6.18 Å². The molecule has 0 spiro atoms. The number of anilines is 1. The average Bonchev–Trinajstić information content (AvgIpc) is 3.58. The Morgan fingerprint density at radius 2 is 1.76 bits per heavy atom. The number of ether oxygens (including phenoxy) is 2. The molecule has 2 saturated carbocycles. The molecule has 5 fully saturated rings. The summed E-state index contributed by atoms with van der Waals surface area (Å²) < 4.78 is 50.9. The van der Waals surface area contributed by atoms with E-state index in [1.54, 1.807) is 0 Å². The normalized spacial score (nSPS) is 32.3. The fourth-order valence-electron chi connectivity index (χ4n) is 11.6. The molecule has 4 heterocycles. The van der Waals surface area contributed by atoms with Crippen molar-refractivity contribution in [2.45, 2.75) is 126 Å². The fourth-order valence-corrected chi connectivity index (χ4v) is 11.6. The van der Waals surface area contributed by atoms with Crippen molar-refractivity contribution < 1.29 is 47.6 Å². The lowest BCUT2D eigenvalue weighted by Gasteiger charge is -2.50. The van der Waals surface area contributed by atoms with E-state index in [0.717, 1.165) is 89.5 Å². The molecule has 0 bridgehead atoms. The molecular weight excluding hydrogens is 808 g/mol. The van der Waals surface area contributed by atoms with Crippen molar-refractivity contribution in [3.05, 3.63) is 47.4 Å². The number of aryl methyl sites for hydroxylation is 1. The van der Waals surface area contributed by atoms with Gasteiger partial charge in [0.15, 0.2) is 5.69 Å². The number of amides is 2. The summed E-state index contributed by atoms with van der Waals surface area (Å²) in [7, 11) is 0. The topological polar surface area (TPSA) is 182 Å². The lowest BCUT2D eigenvalue weighted by Crippen LogP contribution is -2.58. The summed E-state index contributed by atoms with van der Waals surface area (Å²) in [6.45, 7) is 6.91. The van der Waals surface area contributed by atoms with E-state index >= 15 is 0 Å². The second-order valence-corrected chi connectivity index (χ2v) is 18.9. The van der Waals surface area contributed by atoms with Gasteiger partial charge in [-0.15, -0.1) is 0 Å². The largest absolute Gasteiger partial charge is 0.494 e. The first-order valence-electron chi connectivity index (χ1n) is 22.8. The Kier molecular flexibility index (Phi) is 14.0. The number of benzene rings is 1. The van der Waals surface area contributed by atoms with Crippen LogP contribution in [-0.2, 0) is 26.9 Å². The Balaban J connectivity index is 0.674. The molecule has 0 radical (unpaired) electrons. The highest BCUT2D eigenvalue weighted by Crippen LogP contribution is 2.61. The van der Waals surface area contributed by atoms with Gasteiger partial charge in [-0.3, -0.25) is 19.5 Å². The second-order valence-electron chi connectivity index (χ2n) is 18.9. The van der Waals surface area contributed by atoms with E-state index in [-0.39, 0.29) is 48.2 Å². The highest BCUT2D eigenvalue weighted by molar-refractivity contribution is 5.79. The van der Waals surface area contributed by atoms with Crippen LogP contribution in [-0.4, -0.2) is 142 Å². The zero-order valence-corrected chi connectivity index (χ0v) is 35.7. The van der Waals surface area contributed by atoms with E-state index in [0.29, 0.717) is 62.5 Å². The van der Waals surface area contributed by atoms with Crippen LogP contribution in [0, 0.1) is 23.2 Å². The van der Waals surface area contributed by atoms with Crippen molar-refractivity contribution in [1.29, 1.82) is 0 Å². The van der Waals surface area contributed by atoms with Gasteiger partial charge in [0, 0.05) is 38.1 Å². The van der Waals surface area contributed by atoms with Gasteiger partial charge in [0.05, 0.1) is 44.3 Å². The van der Waals surface area contributed by atoms with Gasteiger partial charge in [-0.2, -0.15) is 13.2 Å². The molecular formula is C45H64F3N7O7. The number of nitrogens with zero attached hydrogens (tertiary/aromatic N) is 4. The zero-order valence-electron chi connectivity index (χ0n) is 35.7. The van der Waals surface area contributed by atoms with Crippen LogP contribution >= 0.6 is 0 Å². The molecule has 1 aromatic carbocycles. The third-order valence-corrected chi connectivity index (χ3v) is 15.3. The Bertz CT molecular complexity index is 1860. The Morgan fingerprint density at radius 1 is 0.968 bits per heavy atom. The lowest BCUT2D eigenvalue weighted by atomic mass is 9.55. The fraction of sp³-hybridized carbons (Fsp3) is 0.733. The number of hydrogen-bond acceptors (Lipinski definition) is 12. The van der Waals surface area contributed by atoms with E-state index in [2.05, 4.69) is 60.8 Å². The van der Waals surface area contributed by atoms with Gasteiger partial charge in [-0.1, -0.05) is 13.0 Å². The van der Waals surface area contributed by atoms with Crippen LogP contribution in [0.4, 0.5) is 19.0 Å². The third-order valence-electron chi connectivity index (χ3n) is 15.3. The van der Waals surface area contributed by atoms with Crippen LogP contribution in [0.5, 0.6) is 5.75 Å². The molecule has 342 valence electrons. The van der Waals surface area contributed by atoms with Gasteiger partial charge in [0.25, 0.3) is 0 Å². The number of aliphatic hydroxyl groups excluding tert-OH is 3. The average molecular weight is 872 g/mol. The molecule has 17 heteroatoms. The second kappa shape index (κ2) is 19.2. The number of alkyl halides is 3. The zero-order chi connectivity index (χ0) is 43.6. The van der Waals surface area contributed by atoms with Gasteiger partial charge < -0.3 is 45.6 Å². The number of halogens is 3. The number of carbonyl (C=O) groups is 2.